The number of anilines is 1. The van der Waals surface area contributed by atoms with Gasteiger partial charge in [-0.25, -0.2) is 4.98 Å². The first kappa shape index (κ1) is 18.3. The highest BCUT2D eigenvalue weighted by atomic mass is 35.5. The standard InChI is InChI=1S/C19H14ClN5O2S/c20-12-5-4-6-13(9-12)22-16(26)11-28-19-23-17-15(10-21-24-17)18(27)25(19)14-7-2-1-3-8-14/h1-10H,11H2,(H,21,24)(H,22,26). The van der Waals surface area contributed by atoms with Gasteiger partial charge in [-0.15, -0.1) is 0 Å². The summed E-state index contributed by atoms with van der Waals surface area (Å²) in [7, 11) is 0. The van der Waals surface area contributed by atoms with Gasteiger partial charge < -0.3 is 5.32 Å². The molecule has 0 aliphatic rings. The number of benzene rings is 2. The van der Waals surface area contributed by atoms with Crippen molar-refractivity contribution < 1.29 is 4.79 Å². The number of halogens is 1. The Morgan fingerprint density at radius 1 is 1.18 bits per heavy atom. The molecule has 0 aliphatic carbocycles. The number of thioether (sulfide) groups is 1. The van der Waals surface area contributed by atoms with Crippen LogP contribution in [0.15, 0.2) is 70.7 Å². The molecular formula is C19H14ClN5O2S. The average molecular weight is 412 g/mol. The lowest BCUT2D eigenvalue weighted by atomic mass is 10.3. The summed E-state index contributed by atoms with van der Waals surface area (Å²) < 4.78 is 1.48. The highest BCUT2D eigenvalue weighted by Crippen LogP contribution is 2.21. The molecule has 0 saturated heterocycles. The van der Waals surface area contributed by atoms with Gasteiger partial charge in [-0.3, -0.25) is 19.3 Å². The summed E-state index contributed by atoms with van der Waals surface area (Å²) in [6, 6.07) is 16.1. The van der Waals surface area contributed by atoms with Gasteiger partial charge in [-0.05, 0) is 30.3 Å². The van der Waals surface area contributed by atoms with Crippen LogP contribution in [0.1, 0.15) is 0 Å². The molecule has 2 N–H and O–H groups in total. The number of amides is 1. The second-order valence-corrected chi connectivity index (χ2v) is 7.23. The van der Waals surface area contributed by atoms with Crippen LogP contribution in [0.5, 0.6) is 0 Å². The maximum absolute atomic E-state index is 12.9. The van der Waals surface area contributed by atoms with Gasteiger partial charge in [0.15, 0.2) is 10.8 Å². The van der Waals surface area contributed by atoms with Crippen molar-refractivity contribution in [2.75, 3.05) is 11.1 Å². The summed E-state index contributed by atoms with van der Waals surface area (Å²) in [5.41, 5.74) is 1.41. The zero-order chi connectivity index (χ0) is 19.5. The maximum Gasteiger partial charge on any atom is 0.269 e. The maximum atomic E-state index is 12.9. The summed E-state index contributed by atoms with van der Waals surface area (Å²) in [4.78, 5) is 29.7. The molecule has 0 radical (unpaired) electrons. The Bertz CT molecular complexity index is 1210. The van der Waals surface area contributed by atoms with Crippen LogP contribution >= 0.6 is 23.4 Å². The summed E-state index contributed by atoms with van der Waals surface area (Å²) in [6.07, 6.45) is 1.45. The second kappa shape index (κ2) is 7.87. The summed E-state index contributed by atoms with van der Waals surface area (Å²) in [5, 5.41) is 10.7. The lowest BCUT2D eigenvalue weighted by Crippen LogP contribution is -2.22. The highest BCUT2D eigenvalue weighted by Gasteiger charge is 2.16. The average Bonchev–Trinajstić information content (AvgIpc) is 3.16. The van der Waals surface area contributed by atoms with E-state index in [1.165, 1.54) is 10.8 Å². The van der Waals surface area contributed by atoms with Crippen molar-refractivity contribution in [1.82, 2.24) is 19.7 Å². The quantitative estimate of drug-likeness (QED) is 0.387. The van der Waals surface area contributed by atoms with Gasteiger partial charge in [-0.2, -0.15) is 5.10 Å². The number of nitrogens with one attached hydrogen (secondary N) is 2. The third kappa shape index (κ3) is 3.78. The van der Waals surface area contributed by atoms with Crippen molar-refractivity contribution in [3.05, 3.63) is 76.2 Å². The molecule has 140 valence electrons. The summed E-state index contributed by atoms with van der Waals surface area (Å²) >= 11 is 7.10. The number of para-hydroxylation sites is 1. The molecule has 0 unspecified atom stereocenters. The van der Waals surface area contributed by atoms with Gasteiger partial charge in [0.05, 0.1) is 17.6 Å². The van der Waals surface area contributed by atoms with E-state index in [2.05, 4.69) is 20.5 Å². The normalized spacial score (nSPS) is 10.9. The van der Waals surface area contributed by atoms with Crippen molar-refractivity contribution in [2.45, 2.75) is 5.16 Å². The highest BCUT2D eigenvalue weighted by molar-refractivity contribution is 7.99. The van der Waals surface area contributed by atoms with Crippen LogP contribution in [0.4, 0.5) is 5.69 Å². The fraction of sp³-hybridized carbons (Fsp3) is 0.0526. The molecule has 7 nitrogen and oxygen atoms in total. The molecule has 2 aromatic carbocycles. The van der Waals surface area contributed by atoms with Crippen LogP contribution in [-0.2, 0) is 4.79 Å². The van der Waals surface area contributed by atoms with Crippen molar-refractivity contribution in [3.8, 4) is 5.69 Å². The topological polar surface area (TPSA) is 92.7 Å². The van der Waals surface area contributed by atoms with Crippen molar-refractivity contribution >= 4 is 46.0 Å². The van der Waals surface area contributed by atoms with Gasteiger partial charge >= 0.3 is 0 Å². The zero-order valence-electron chi connectivity index (χ0n) is 14.4. The van der Waals surface area contributed by atoms with Gasteiger partial charge in [0.1, 0.15) is 5.39 Å². The Hall–Kier alpha value is -3.10. The Balaban J connectivity index is 1.63. The first-order chi connectivity index (χ1) is 13.6. The number of rotatable bonds is 5. The molecule has 0 atom stereocenters. The van der Waals surface area contributed by atoms with E-state index in [9.17, 15) is 9.59 Å². The molecule has 28 heavy (non-hydrogen) atoms. The third-order valence-electron chi connectivity index (χ3n) is 3.91. The number of hydrogen-bond acceptors (Lipinski definition) is 5. The van der Waals surface area contributed by atoms with Crippen LogP contribution in [0, 0.1) is 0 Å². The predicted octanol–water partition coefficient (Wildman–Crippen LogP) is 3.49. The molecule has 2 heterocycles. The van der Waals surface area contributed by atoms with Crippen LogP contribution in [0.3, 0.4) is 0 Å². The molecule has 0 bridgehead atoms. The minimum atomic E-state index is -0.248. The van der Waals surface area contributed by atoms with Crippen LogP contribution in [-0.4, -0.2) is 31.4 Å². The lowest BCUT2D eigenvalue weighted by Gasteiger charge is -2.12. The Labute approximate surface area is 168 Å². The molecule has 4 rings (SSSR count). The van der Waals surface area contributed by atoms with Crippen molar-refractivity contribution in [3.63, 3.8) is 0 Å². The summed E-state index contributed by atoms with van der Waals surface area (Å²) in [6.45, 7) is 0. The SMILES string of the molecule is O=C(CSc1nc2[nH]ncc2c(=O)n1-c1ccccc1)Nc1cccc(Cl)c1. The number of H-pyrrole nitrogens is 1. The van der Waals surface area contributed by atoms with E-state index >= 15 is 0 Å². The number of carbonyl (C=O) groups excluding carboxylic acids is 1. The van der Waals surface area contributed by atoms with E-state index in [-0.39, 0.29) is 17.2 Å². The number of nitrogens with zero attached hydrogens (tertiary/aromatic N) is 3. The van der Waals surface area contributed by atoms with Gasteiger partial charge in [-0.1, -0.05) is 47.6 Å². The van der Waals surface area contributed by atoms with E-state index in [4.69, 9.17) is 11.6 Å². The summed E-state index contributed by atoms with van der Waals surface area (Å²) in [5.74, 6) is -0.156. The van der Waals surface area contributed by atoms with E-state index in [1.807, 2.05) is 30.3 Å². The van der Waals surface area contributed by atoms with Crippen molar-refractivity contribution in [2.24, 2.45) is 0 Å². The number of carbonyl (C=O) groups is 1. The Morgan fingerprint density at radius 2 is 2.00 bits per heavy atom. The predicted molar refractivity (Wildman–Crippen MR) is 110 cm³/mol. The number of aromatic amines is 1. The molecule has 0 spiro atoms. The minimum absolute atomic E-state index is 0.0748. The zero-order valence-corrected chi connectivity index (χ0v) is 16.0. The van der Waals surface area contributed by atoms with Gasteiger partial charge in [0.25, 0.3) is 5.56 Å². The molecule has 1 amide bonds. The number of aromatic nitrogens is 4. The van der Waals surface area contributed by atoms with E-state index in [0.717, 1.165) is 11.8 Å². The van der Waals surface area contributed by atoms with Crippen LogP contribution in [0.25, 0.3) is 16.7 Å². The first-order valence-corrected chi connectivity index (χ1v) is 9.68. The van der Waals surface area contributed by atoms with Crippen molar-refractivity contribution in [1.29, 1.82) is 0 Å². The third-order valence-corrected chi connectivity index (χ3v) is 5.08. The minimum Gasteiger partial charge on any atom is -0.325 e. The Morgan fingerprint density at radius 3 is 2.79 bits per heavy atom. The second-order valence-electron chi connectivity index (χ2n) is 5.85. The fourth-order valence-electron chi connectivity index (χ4n) is 2.67. The van der Waals surface area contributed by atoms with Crippen LogP contribution < -0.4 is 10.9 Å². The number of hydrogen-bond donors (Lipinski definition) is 2. The van der Waals surface area contributed by atoms with E-state index in [1.54, 1.807) is 24.3 Å². The van der Waals surface area contributed by atoms with E-state index in [0.29, 0.717) is 32.6 Å². The molecule has 0 fully saturated rings. The van der Waals surface area contributed by atoms with Gasteiger partial charge in [0.2, 0.25) is 5.91 Å². The fourth-order valence-corrected chi connectivity index (χ4v) is 3.66. The smallest absolute Gasteiger partial charge is 0.269 e. The molecule has 2 aromatic heterocycles. The molecule has 0 saturated carbocycles. The number of fused-ring (bicyclic) bond motifs is 1. The first-order valence-electron chi connectivity index (χ1n) is 8.31. The molecule has 9 heteroatoms. The van der Waals surface area contributed by atoms with Crippen LogP contribution in [0.2, 0.25) is 5.02 Å². The molecule has 4 aromatic rings. The lowest BCUT2D eigenvalue weighted by molar-refractivity contribution is -0.113. The molecule has 0 aliphatic heterocycles. The molecular weight excluding hydrogens is 398 g/mol. The van der Waals surface area contributed by atoms with Gasteiger partial charge in [0, 0.05) is 10.7 Å². The van der Waals surface area contributed by atoms with E-state index < -0.39 is 0 Å². The Kier molecular flexibility index (Phi) is 5.14. The largest absolute Gasteiger partial charge is 0.325 e. The monoisotopic (exact) mass is 411 g/mol.